The van der Waals surface area contributed by atoms with Gasteiger partial charge in [0.25, 0.3) is 0 Å². The van der Waals surface area contributed by atoms with Crippen LogP contribution in [0.1, 0.15) is 36.8 Å². The van der Waals surface area contributed by atoms with E-state index in [1.807, 2.05) is 24.3 Å². The molecule has 1 heterocycles. The lowest BCUT2D eigenvalue weighted by molar-refractivity contribution is -0.141. The Bertz CT molecular complexity index is 679. The van der Waals surface area contributed by atoms with Crippen LogP contribution in [0.25, 0.3) is 0 Å². The van der Waals surface area contributed by atoms with E-state index in [-0.39, 0.29) is 11.9 Å². The molecule has 1 aromatic carbocycles. The lowest BCUT2D eigenvalue weighted by Crippen LogP contribution is -2.21. The maximum absolute atomic E-state index is 12.5. The lowest BCUT2D eigenvalue weighted by Gasteiger charge is -2.12. The zero-order chi connectivity index (χ0) is 17.7. The van der Waals surface area contributed by atoms with Crippen LogP contribution in [-0.2, 0) is 17.4 Å². The fraction of sp³-hybridized carbons (Fsp3) is 0.375. The van der Waals surface area contributed by atoms with Crippen LogP contribution in [0.5, 0.6) is 0 Å². The fourth-order valence-corrected chi connectivity index (χ4v) is 2.20. The minimum atomic E-state index is -4.44. The third-order valence-corrected chi connectivity index (χ3v) is 3.49. The molecular weight excluding hydrogens is 321 g/mol. The molecule has 0 aliphatic heterocycles. The van der Waals surface area contributed by atoms with Crippen LogP contribution < -0.4 is 10.6 Å². The number of H-pyrrole nitrogens is 1. The van der Waals surface area contributed by atoms with Crippen molar-refractivity contribution < 1.29 is 18.0 Å². The Morgan fingerprint density at radius 3 is 2.50 bits per heavy atom. The summed E-state index contributed by atoms with van der Waals surface area (Å²) in [4.78, 5) is 10.9. The van der Waals surface area contributed by atoms with E-state index in [4.69, 9.17) is 0 Å². The molecule has 1 unspecified atom stereocenters. The monoisotopic (exact) mass is 340 g/mol. The lowest BCUT2D eigenvalue weighted by atomic mass is 10.1. The number of halogens is 3. The van der Waals surface area contributed by atoms with E-state index >= 15 is 0 Å². The minimum Gasteiger partial charge on any atom is -0.326 e. The Hall–Kier alpha value is -2.35. The Labute approximate surface area is 137 Å². The zero-order valence-corrected chi connectivity index (χ0v) is 13.4. The summed E-state index contributed by atoms with van der Waals surface area (Å²) in [6.07, 6.45) is -3.73. The van der Waals surface area contributed by atoms with Crippen LogP contribution in [0.15, 0.2) is 30.3 Å². The fourth-order valence-electron chi connectivity index (χ4n) is 2.20. The molecule has 0 fully saturated rings. The third kappa shape index (κ3) is 5.09. The number of hydrogen-bond acceptors (Lipinski definition) is 3. The van der Waals surface area contributed by atoms with Crippen molar-refractivity contribution in [2.24, 2.45) is 0 Å². The number of hydrogen-bond donors (Lipinski definition) is 3. The summed E-state index contributed by atoms with van der Waals surface area (Å²) in [5, 5.41) is 11.5. The molecule has 0 saturated heterocycles. The van der Waals surface area contributed by atoms with Gasteiger partial charge in [-0.05, 0) is 43.7 Å². The van der Waals surface area contributed by atoms with Gasteiger partial charge in [0.05, 0.1) is 5.69 Å². The van der Waals surface area contributed by atoms with Crippen molar-refractivity contribution in [2.45, 2.75) is 32.5 Å². The zero-order valence-electron chi connectivity index (χ0n) is 13.4. The second-order valence-electron chi connectivity index (χ2n) is 5.51. The average Bonchev–Trinajstić information content (AvgIpc) is 2.98. The highest BCUT2D eigenvalue weighted by Gasteiger charge is 2.34. The van der Waals surface area contributed by atoms with E-state index < -0.39 is 11.9 Å². The van der Waals surface area contributed by atoms with E-state index in [2.05, 4.69) is 20.8 Å². The van der Waals surface area contributed by atoms with Crippen molar-refractivity contribution in [3.05, 3.63) is 47.3 Å². The number of anilines is 1. The molecule has 2 rings (SSSR count). The van der Waals surface area contributed by atoms with Gasteiger partial charge in [0, 0.05) is 18.7 Å². The summed E-state index contributed by atoms with van der Waals surface area (Å²) in [6.45, 7) is 3.81. The van der Waals surface area contributed by atoms with Crippen LogP contribution in [0, 0.1) is 0 Å². The molecule has 0 radical (unpaired) electrons. The van der Waals surface area contributed by atoms with E-state index in [0.29, 0.717) is 18.7 Å². The highest BCUT2D eigenvalue weighted by atomic mass is 19.4. The number of rotatable bonds is 6. The van der Waals surface area contributed by atoms with Gasteiger partial charge in [-0.25, -0.2) is 0 Å². The van der Waals surface area contributed by atoms with Gasteiger partial charge in [0.15, 0.2) is 5.69 Å². The largest absolute Gasteiger partial charge is 0.435 e. The number of amides is 1. The Kier molecular flexibility index (Phi) is 5.61. The number of nitrogens with zero attached hydrogens (tertiary/aromatic N) is 1. The number of aromatic amines is 1. The molecule has 8 heteroatoms. The van der Waals surface area contributed by atoms with Gasteiger partial charge in [0.1, 0.15) is 0 Å². The maximum Gasteiger partial charge on any atom is 0.435 e. The summed E-state index contributed by atoms with van der Waals surface area (Å²) in [5.41, 5.74) is 1.26. The van der Waals surface area contributed by atoms with E-state index in [1.54, 1.807) is 6.92 Å². The molecule has 1 atom stereocenters. The number of carbonyl (C=O) groups is 1. The van der Waals surface area contributed by atoms with Crippen molar-refractivity contribution in [1.82, 2.24) is 15.5 Å². The topological polar surface area (TPSA) is 69.8 Å². The molecule has 1 aromatic heterocycles. The number of aromatic nitrogens is 2. The molecular formula is C16H19F3N4O. The van der Waals surface area contributed by atoms with E-state index in [9.17, 15) is 18.0 Å². The highest BCUT2D eigenvalue weighted by molar-refractivity contribution is 5.88. The smallest absolute Gasteiger partial charge is 0.326 e. The van der Waals surface area contributed by atoms with Crippen molar-refractivity contribution >= 4 is 11.6 Å². The summed E-state index contributed by atoms with van der Waals surface area (Å²) in [7, 11) is 0. The first-order chi connectivity index (χ1) is 11.3. The van der Waals surface area contributed by atoms with Crippen LogP contribution in [0.4, 0.5) is 18.9 Å². The Morgan fingerprint density at radius 2 is 1.96 bits per heavy atom. The van der Waals surface area contributed by atoms with Crippen LogP contribution >= 0.6 is 0 Å². The first kappa shape index (κ1) is 18.0. The van der Waals surface area contributed by atoms with Crippen LogP contribution in [-0.4, -0.2) is 22.6 Å². The van der Waals surface area contributed by atoms with Crippen LogP contribution in [0.2, 0.25) is 0 Å². The molecule has 0 bridgehead atoms. The number of carbonyl (C=O) groups excluding carboxylic acids is 1. The molecule has 3 N–H and O–H groups in total. The van der Waals surface area contributed by atoms with Crippen molar-refractivity contribution in [2.75, 3.05) is 11.9 Å². The van der Waals surface area contributed by atoms with Crippen molar-refractivity contribution in [3.8, 4) is 0 Å². The molecule has 1 amide bonds. The molecule has 130 valence electrons. The predicted molar refractivity (Wildman–Crippen MR) is 84.5 cm³/mol. The number of alkyl halides is 3. The predicted octanol–water partition coefficient (Wildman–Crippen LogP) is 3.28. The standard InChI is InChI=1S/C16H19F3N4O/c1-10(14-9-15(23-22-14)16(17,18)19)20-8-7-12-3-5-13(6-4-12)21-11(2)24/h3-6,9-10,20H,7-8H2,1-2H3,(H,21,24)(H,22,23). The summed E-state index contributed by atoms with van der Waals surface area (Å²) in [6, 6.07) is 8.16. The SMILES string of the molecule is CC(=O)Nc1ccc(CCNC(C)c2cc(C(F)(F)F)n[nH]2)cc1. The first-order valence-electron chi connectivity index (χ1n) is 7.48. The molecule has 0 aliphatic rings. The number of nitrogens with one attached hydrogen (secondary N) is 3. The molecule has 0 aliphatic carbocycles. The quantitative estimate of drug-likeness (QED) is 0.756. The van der Waals surface area contributed by atoms with Gasteiger partial charge in [-0.2, -0.15) is 18.3 Å². The summed E-state index contributed by atoms with van der Waals surface area (Å²) < 4.78 is 37.6. The first-order valence-corrected chi connectivity index (χ1v) is 7.48. The summed E-state index contributed by atoms with van der Waals surface area (Å²) in [5.74, 6) is -0.129. The normalized spacial score (nSPS) is 12.9. The van der Waals surface area contributed by atoms with Gasteiger partial charge < -0.3 is 10.6 Å². The van der Waals surface area contributed by atoms with E-state index in [0.717, 1.165) is 17.3 Å². The maximum atomic E-state index is 12.5. The second-order valence-corrected chi connectivity index (χ2v) is 5.51. The Morgan fingerprint density at radius 1 is 1.29 bits per heavy atom. The van der Waals surface area contributed by atoms with E-state index in [1.165, 1.54) is 6.92 Å². The van der Waals surface area contributed by atoms with Crippen molar-refractivity contribution in [1.29, 1.82) is 0 Å². The van der Waals surface area contributed by atoms with Gasteiger partial charge in [-0.3, -0.25) is 9.89 Å². The molecule has 0 saturated carbocycles. The minimum absolute atomic E-state index is 0.129. The van der Waals surface area contributed by atoms with Crippen molar-refractivity contribution in [3.63, 3.8) is 0 Å². The average molecular weight is 340 g/mol. The highest BCUT2D eigenvalue weighted by Crippen LogP contribution is 2.28. The Balaban J connectivity index is 1.83. The number of benzene rings is 1. The van der Waals surface area contributed by atoms with Gasteiger partial charge in [-0.1, -0.05) is 12.1 Å². The molecule has 2 aromatic rings. The van der Waals surface area contributed by atoms with Crippen LogP contribution in [0.3, 0.4) is 0 Å². The molecule has 5 nitrogen and oxygen atoms in total. The third-order valence-electron chi connectivity index (χ3n) is 3.49. The van der Waals surface area contributed by atoms with Gasteiger partial charge in [-0.15, -0.1) is 0 Å². The molecule has 0 spiro atoms. The van der Waals surface area contributed by atoms with Gasteiger partial charge in [0.2, 0.25) is 5.91 Å². The summed E-state index contributed by atoms with van der Waals surface area (Å²) >= 11 is 0. The second kappa shape index (κ2) is 7.48. The molecule has 24 heavy (non-hydrogen) atoms. The van der Waals surface area contributed by atoms with Gasteiger partial charge >= 0.3 is 6.18 Å².